The van der Waals surface area contributed by atoms with Gasteiger partial charge in [0.15, 0.2) is 0 Å². The Bertz CT molecular complexity index is 647. The van der Waals surface area contributed by atoms with Gasteiger partial charge in [0.05, 0.1) is 8.07 Å². The van der Waals surface area contributed by atoms with Gasteiger partial charge in [-0.3, -0.25) is 0 Å². The number of halogens is 3. The van der Waals surface area contributed by atoms with Crippen LogP contribution >= 0.6 is 27.9 Å². The van der Waals surface area contributed by atoms with Gasteiger partial charge in [0.25, 0.3) is 0 Å². The standard InChI is InChI=1S/C19H25Si.3ClH.Ti/c1-15-17(13-16-9-7-8-12-19(15)16)14-20(2,3)18-10-5-4-6-11-18;;;;/h4-6,10-11,13H,7-9,12,14H2,1-3H3;3*1H;/q-1;;;;+4/p-3. The van der Waals surface area contributed by atoms with Crippen LogP contribution in [0, 0.1) is 6.92 Å². The normalized spacial score (nSPS) is 13.8. The van der Waals surface area contributed by atoms with Crippen LogP contribution in [0.1, 0.15) is 35.1 Å². The van der Waals surface area contributed by atoms with E-state index in [9.17, 15) is 0 Å². The predicted octanol–water partition coefficient (Wildman–Crippen LogP) is 6.36. The molecule has 3 rings (SSSR count). The summed E-state index contributed by atoms with van der Waals surface area (Å²) < 4.78 is 0. The summed E-state index contributed by atoms with van der Waals surface area (Å²) in [7, 11) is 13.6. The zero-order valence-corrected chi connectivity index (χ0v) is 19.5. The van der Waals surface area contributed by atoms with E-state index < -0.39 is 22.8 Å². The number of benzene rings is 1. The van der Waals surface area contributed by atoms with Crippen molar-refractivity contribution in [2.45, 2.75) is 51.7 Å². The monoisotopic (exact) mass is 434 g/mol. The maximum absolute atomic E-state index is 4.97. The topological polar surface area (TPSA) is 0 Å². The Labute approximate surface area is 165 Å². The van der Waals surface area contributed by atoms with Gasteiger partial charge in [-0.05, 0) is 0 Å². The van der Waals surface area contributed by atoms with Crippen LogP contribution in [0.2, 0.25) is 13.1 Å². The first-order valence-electron chi connectivity index (χ1n) is 8.47. The second-order valence-electron chi connectivity index (χ2n) is 7.15. The Morgan fingerprint density at radius 2 is 1.62 bits per heavy atom. The summed E-state index contributed by atoms with van der Waals surface area (Å²) in [5, 5.41) is 1.58. The van der Waals surface area contributed by atoms with E-state index in [-0.39, 0.29) is 0 Å². The van der Waals surface area contributed by atoms with E-state index in [4.69, 9.17) is 27.9 Å². The molecular weight excluding hydrogens is 411 g/mol. The molecule has 0 aromatic heterocycles. The minimum absolute atomic E-state index is 1.29. The van der Waals surface area contributed by atoms with Crippen molar-refractivity contribution in [3.8, 4) is 0 Å². The maximum atomic E-state index is 4.97. The Morgan fingerprint density at radius 3 is 2.21 bits per heavy atom. The van der Waals surface area contributed by atoms with Gasteiger partial charge < -0.3 is 0 Å². The third kappa shape index (κ3) is 5.69. The average molecular weight is 436 g/mol. The first kappa shape index (κ1) is 20.7. The van der Waals surface area contributed by atoms with E-state index in [1.165, 1.54) is 31.7 Å². The number of aryl methyl sites for hydroxylation is 1. The first-order chi connectivity index (χ1) is 11.3. The summed E-state index contributed by atoms with van der Waals surface area (Å²) in [6.07, 6.45) is 5.39. The summed E-state index contributed by atoms with van der Waals surface area (Å²) in [6.45, 7) is 7.37. The van der Waals surface area contributed by atoms with Crippen LogP contribution in [-0.4, -0.2) is 8.07 Å². The van der Waals surface area contributed by atoms with Gasteiger partial charge in [-0.1, -0.05) is 87.3 Å². The Balaban J connectivity index is 0.000000471. The van der Waals surface area contributed by atoms with Crippen molar-refractivity contribution in [1.82, 2.24) is 0 Å². The number of rotatable bonds is 3. The number of fused-ring (bicyclic) bond motifs is 1. The van der Waals surface area contributed by atoms with Crippen molar-refractivity contribution in [1.29, 1.82) is 0 Å². The molecule has 0 unspecified atom stereocenters. The van der Waals surface area contributed by atoms with Crippen molar-refractivity contribution in [3.05, 3.63) is 58.7 Å². The number of hydrogen-bond donors (Lipinski definition) is 0. The molecular formula is C19H25Cl3SiTi. The molecule has 130 valence electrons. The Hall–Kier alpha value is 0.371. The third-order valence-corrected chi connectivity index (χ3v) is 8.14. The zero-order chi connectivity index (χ0) is 17.7. The predicted molar refractivity (Wildman–Crippen MR) is 108 cm³/mol. The van der Waals surface area contributed by atoms with E-state index >= 15 is 0 Å². The summed E-state index contributed by atoms with van der Waals surface area (Å²) in [4.78, 5) is 0. The van der Waals surface area contributed by atoms with Crippen LogP contribution < -0.4 is 5.19 Å². The Kier molecular flexibility index (Phi) is 8.06. The van der Waals surface area contributed by atoms with Crippen LogP contribution in [0.4, 0.5) is 0 Å². The van der Waals surface area contributed by atoms with Gasteiger partial charge in [0.1, 0.15) is 0 Å². The molecule has 0 amide bonds. The zero-order valence-electron chi connectivity index (χ0n) is 14.6. The van der Waals surface area contributed by atoms with Gasteiger partial charge in [0.2, 0.25) is 0 Å². The fraction of sp³-hybridized carbons (Fsp3) is 0.421. The van der Waals surface area contributed by atoms with E-state index in [1.807, 2.05) is 0 Å². The van der Waals surface area contributed by atoms with Crippen LogP contribution in [-0.2, 0) is 33.6 Å². The molecule has 0 nitrogen and oxygen atoms in total. The fourth-order valence-electron chi connectivity index (χ4n) is 3.68. The molecule has 0 saturated carbocycles. The molecule has 1 aliphatic carbocycles. The van der Waals surface area contributed by atoms with Crippen LogP contribution in [0.25, 0.3) is 0 Å². The van der Waals surface area contributed by atoms with Gasteiger partial charge in [-0.2, -0.15) is 22.3 Å². The molecule has 0 saturated heterocycles. The molecule has 0 atom stereocenters. The third-order valence-electron chi connectivity index (χ3n) is 4.98. The van der Waals surface area contributed by atoms with Crippen LogP contribution in [0.15, 0.2) is 36.4 Å². The molecule has 0 N–H and O–H groups in total. The molecule has 0 radical (unpaired) electrons. The second-order valence-corrected chi connectivity index (χ2v) is 19.6. The quantitative estimate of drug-likeness (QED) is 0.389. The Morgan fingerprint density at radius 1 is 1.04 bits per heavy atom. The average Bonchev–Trinajstić information content (AvgIpc) is 2.84. The molecule has 0 aliphatic heterocycles. The van der Waals surface area contributed by atoms with E-state index in [0.29, 0.717) is 0 Å². The van der Waals surface area contributed by atoms with Crippen molar-refractivity contribution in [2.24, 2.45) is 0 Å². The molecule has 24 heavy (non-hydrogen) atoms. The SMILES string of the molecule is C[c-]1c(C[Si](C)(C)c2ccccc2)cc2c1CCCC2.[Cl][Ti+]([Cl])[Cl]. The summed E-state index contributed by atoms with van der Waals surface area (Å²) in [5.41, 5.74) is 6.58. The molecule has 2 aromatic rings. The first-order valence-corrected chi connectivity index (χ1v) is 18.1. The summed E-state index contributed by atoms with van der Waals surface area (Å²) >= 11 is -1.92. The molecule has 0 fully saturated rings. The molecule has 1 aliphatic rings. The van der Waals surface area contributed by atoms with Gasteiger partial charge >= 0.3 is 42.6 Å². The van der Waals surface area contributed by atoms with Crippen molar-refractivity contribution in [3.63, 3.8) is 0 Å². The van der Waals surface area contributed by atoms with Crippen molar-refractivity contribution >= 4 is 41.2 Å². The molecule has 2 aromatic carbocycles. The van der Waals surface area contributed by atoms with E-state index in [1.54, 1.807) is 27.4 Å². The molecule has 0 spiro atoms. The molecule has 5 heteroatoms. The number of hydrogen-bond acceptors (Lipinski definition) is 0. The summed E-state index contributed by atoms with van der Waals surface area (Å²) in [5.74, 6) is 0. The fourth-order valence-corrected chi connectivity index (χ4v) is 6.30. The van der Waals surface area contributed by atoms with Crippen LogP contribution in [0.5, 0.6) is 0 Å². The minimum atomic E-state index is -1.92. The van der Waals surface area contributed by atoms with Crippen LogP contribution in [0.3, 0.4) is 0 Å². The van der Waals surface area contributed by atoms with E-state index in [2.05, 4.69) is 56.4 Å². The second kappa shape index (κ2) is 9.35. The molecule has 0 bridgehead atoms. The van der Waals surface area contributed by atoms with Gasteiger partial charge in [-0.15, -0.1) is 0 Å². The van der Waals surface area contributed by atoms with Crippen molar-refractivity contribution in [2.75, 3.05) is 0 Å². The van der Waals surface area contributed by atoms with Gasteiger partial charge in [-0.25, -0.2) is 6.07 Å². The van der Waals surface area contributed by atoms with Crippen molar-refractivity contribution < 1.29 is 14.7 Å². The van der Waals surface area contributed by atoms with Gasteiger partial charge in [0, 0.05) is 0 Å². The molecule has 0 heterocycles. The summed E-state index contributed by atoms with van der Waals surface area (Å²) in [6, 6.07) is 15.0. The van der Waals surface area contributed by atoms with E-state index in [0.717, 1.165) is 0 Å².